The lowest BCUT2D eigenvalue weighted by Crippen LogP contribution is -2.44. The zero-order valence-corrected chi connectivity index (χ0v) is 14.1. The second kappa shape index (κ2) is 11.1. The Morgan fingerprint density at radius 1 is 1.14 bits per heavy atom. The summed E-state index contributed by atoms with van der Waals surface area (Å²) in [5.74, 6) is 0.314. The van der Waals surface area contributed by atoms with E-state index in [2.05, 4.69) is 6.92 Å². The molecule has 1 aliphatic heterocycles. The number of aliphatic hydroxyl groups excluding tert-OH is 1. The zero-order chi connectivity index (χ0) is 15.5. The Bertz CT molecular complexity index is 278. The molecule has 0 aliphatic carbocycles. The van der Waals surface area contributed by atoms with Crippen LogP contribution in [0.5, 0.6) is 0 Å². The van der Waals surface area contributed by atoms with Gasteiger partial charge in [-0.05, 0) is 39.0 Å². The molecule has 3 heteroatoms. The van der Waals surface area contributed by atoms with Crippen LogP contribution in [0.25, 0.3) is 0 Å². The van der Waals surface area contributed by atoms with Crippen molar-refractivity contribution in [3.8, 4) is 0 Å². The molecule has 21 heavy (non-hydrogen) atoms. The van der Waals surface area contributed by atoms with Crippen molar-refractivity contribution in [3.05, 3.63) is 0 Å². The normalized spacial score (nSPS) is 20.5. The van der Waals surface area contributed by atoms with E-state index < -0.39 is 0 Å². The third-order valence-corrected chi connectivity index (χ3v) is 4.55. The van der Waals surface area contributed by atoms with Gasteiger partial charge in [0.25, 0.3) is 0 Å². The summed E-state index contributed by atoms with van der Waals surface area (Å²) in [6.07, 6.45) is 13.3. The molecule has 1 aliphatic rings. The van der Waals surface area contributed by atoms with Crippen LogP contribution in [0.2, 0.25) is 0 Å². The summed E-state index contributed by atoms with van der Waals surface area (Å²) in [6.45, 7) is 4.96. The molecule has 124 valence electrons. The first-order valence-corrected chi connectivity index (χ1v) is 9.12. The monoisotopic (exact) mass is 297 g/mol. The van der Waals surface area contributed by atoms with Crippen LogP contribution in [0.3, 0.4) is 0 Å². The van der Waals surface area contributed by atoms with E-state index >= 15 is 0 Å². The van der Waals surface area contributed by atoms with E-state index in [0.717, 1.165) is 32.2 Å². The molecule has 1 rings (SSSR count). The molecular weight excluding hydrogens is 262 g/mol. The maximum atomic E-state index is 12.4. The molecule has 1 saturated heterocycles. The number of amides is 1. The van der Waals surface area contributed by atoms with Gasteiger partial charge in [0.2, 0.25) is 5.91 Å². The fourth-order valence-electron chi connectivity index (χ4n) is 3.34. The van der Waals surface area contributed by atoms with Crippen LogP contribution in [-0.2, 0) is 4.79 Å². The summed E-state index contributed by atoms with van der Waals surface area (Å²) in [5, 5.41) is 9.58. The molecule has 0 aromatic heterocycles. The van der Waals surface area contributed by atoms with Gasteiger partial charge in [-0.2, -0.15) is 0 Å². The highest BCUT2D eigenvalue weighted by atomic mass is 16.3. The van der Waals surface area contributed by atoms with Crippen molar-refractivity contribution < 1.29 is 9.90 Å². The molecule has 2 atom stereocenters. The number of rotatable bonds is 10. The number of carbonyl (C=O) groups excluding carboxylic acids is 1. The van der Waals surface area contributed by atoms with Crippen molar-refractivity contribution in [1.29, 1.82) is 0 Å². The quantitative estimate of drug-likeness (QED) is 0.611. The molecular formula is C18H35NO2. The summed E-state index contributed by atoms with van der Waals surface area (Å²) < 4.78 is 0. The van der Waals surface area contributed by atoms with Crippen molar-refractivity contribution in [1.82, 2.24) is 4.90 Å². The number of piperidine rings is 1. The molecule has 0 radical (unpaired) electrons. The summed E-state index contributed by atoms with van der Waals surface area (Å²) in [5.41, 5.74) is 0. The fraction of sp³-hybridized carbons (Fsp3) is 0.944. The standard InChI is InChI=1S/C18H35NO2/c1-3-4-5-6-7-8-9-13-18(21)19-14-11-10-12-17(19)15-16(2)20/h16-17,20H,3-15H2,1-2H3. The van der Waals surface area contributed by atoms with Crippen LogP contribution in [0.4, 0.5) is 0 Å². The van der Waals surface area contributed by atoms with E-state index in [1.807, 2.05) is 11.8 Å². The van der Waals surface area contributed by atoms with Crippen molar-refractivity contribution >= 4 is 5.91 Å². The van der Waals surface area contributed by atoms with Gasteiger partial charge >= 0.3 is 0 Å². The Hall–Kier alpha value is -0.570. The molecule has 1 N–H and O–H groups in total. The molecule has 2 unspecified atom stereocenters. The molecule has 0 aromatic rings. The lowest BCUT2D eigenvalue weighted by atomic mass is 9.96. The molecule has 1 fully saturated rings. The average Bonchev–Trinajstić information content (AvgIpc) is 2.46. The van der Waals surface area contributed by atoms with Crippen LogP contribution >= 0.6 is 0 Å². The van der Waals surface area contributed by atoms with Crippen molar-refractivity contribution in [2.75, 3.05) is 6.54 Å². The van der Waals surface area contributed by atoms with Gasteiger partial charge in [-0.1, -0.05) is 45.4 Å². The minimum absolute atomic E-state index is 0.274. The minimum atomic E-state index is -0.304. The van der Waals surface area contributed by atoms with Gasteiger partial charge < -0.3 is 10.0 Å². The summed E-state index contributed by atoms with van der Waals surface area (Å²) in [7, 11) is 0. The lowest BCUT2D eigenvalue weighted by molar-refractivity contribution is -0.135. The smallest absolute Gasteiger partial charge is 0.222 e. The van der Waals surface area contributed by atoms with E-state index in [1.165, 1.54) is 44.9 Å². The van der Waals surface area contributed by atoms with Crippen LogP contribution in [0, 0.1) is 0 Å². The van der Waals surface area contributed by atoms with Crippen molar-refractivity contribution in [2.45, 2.75) is 103 Å². The third-order valence-electron chi connectivity index (χ3n) is 4.55. The van der Waals surface area contributed by atoms with Gasteiger partial charge in [-0.15, -0.1) is 0 Å². The number of hydrogen-bond acceptors (Lipinski definition) is 2. The Labute approximate surface area is 131 Å². The second-order valence-corrected chi connectivity index (χ2v) is 6.69. The number of nitrogens with zero attached hydrogens (tertiary/aromatic N) is 1. The van der Waals surface area contributed by atoms with Crippen LogP contribution < -0.4 is 0 Å². The first kappa shape index (κ1) is 18.5. The largest absolute Gasteiger partial charge is 0.393 e. The minimum Gasteiger partial charge on any atom is -0.393 e. The molecule has 0 spiro atoms. The van der Waals surface area contributed by atoms with Gasteiger partial charge in [-0.3, -0.25) is 4.79 Å². The van der Waals surface area contributed by atoms with Gasteiger partial charge in [0, 0.05) is 19.0 Å². The first-order chi connectivity index (χ1) is 10.1. The SMILES string of the molecule is CCCCCCCCCC(=O)N1CCCCC1CC(C)O. The molecule has 1 amide bonds. The Morgan fingerprint density at radius 3 is 2.48 bits per heavy atom. The number of likely N-dealkylation sites (tertiary alicyclic amines) is 1. The molecule has 0 bridgehead atoms. The maximum absolute atomic E-state index is 12.4. The van der Waals surface area contributed by atoms with E-state index in [9.17, 15) is 9.90 Å². The van der Waals surface area contributed by atoms with E-state index in [1.54, 1.807) is 0 Å². The van der Waals surface area contributed by atoms with Crippen LogP contribution in [0.15, 0.2) is 0 Å². The van der Waals surface area contributed by atoms with Crippen molar-refractivity contribution in [3.63, 3.8) is 0 Å². The molecule has 1 heterocycles. The summed E-state index contributed by atoms with van der Waals surface area (Å²) >= 11 is 0. The number of unbranched alkanes of at least 4 members (excludes halogenated alkanes) is 6. The first-order valence-electron chi connectivity index (χ1n) is 9.12. The second-order valence-electron chi connectivity index (χ2n) is 6.69. The van der Waals surface area contributed by atoms with Crippen LogP contribution in [0.1, 0.15) is 90.9 Å². The molecule has 0 aromatic carbocycles. The van der Waals surface area contributed by atoms with Crippen LogP contribution in [-0.4, -0.2) is 34.6 Å². The topological polar surface area (TPSA) is 40.5 Å². The number of carbonyl (C=O) groups is 1. The van der Waals surface area contributed by atoms with E-state index in [4.69, 9.17) is 0 Å². The third kappa shape index (κ3) is 7.85. The van der Waals surface area contributed by atoms with Gasteiger partial charge in [0.1, 0.15) is 0 Å². The Morgan fingerprint density at radius 2 is 1.81 bits per heavy atom. The average molecular weight is 297 g/mol. The maximum Gasteiger partial charge on any atom is 0.222 e. The van der Waals surface area contributed by atoms with Gasteiger partial charge in [0.05, 0.1) is 6.10 Å². The lowest BCUT2D eigenvalue weighted by Gasteiger charge is -2.36. The molecule has 0 saturated carbocycles. The van der Waals surface area contributed by atoms with Crippen molar-refractivity contribution in [2.24, 2.45) is 0 Å². The zero-order valence-electron chi connectivity index (χ0n) is 14.1. The summed E-state index contributed by atoms with van der Waals surface area (Å²) in [6, 6.07) is 0.274. The van der Waals surface area contributed by atoms with E-state index in [0.29, 0.717) is 12.3 Å². The van der Waals surface area contributed by atoms with Gasteiger partial charge in [-0.25, -0.2) is 0 Å². The highest BCUT2D eigenvalue weighted by molar-refractivity contribution is 5.76. The number of aliphatic hydroxyl groups is 1. The fourth-order valence-corrected chi connectivity index (χ4v) is 3.34. The highest BCUT2D eigenvalue weighted by Gasteiger charge is 2.26. The number of hydrogen-bond donors (Lipinski definition) is 1. The highest BCUT2D eigenvalue weighted by Crippen LogP contribution is 2.22. The Balaban J connectivity index is 2.19. The van der Waals surface area contributed by atoms with E-state index in [-0.39, 0.29) is 12.1 Å². The summed E-state index contributed by atoms with van der Waals surface area (Å²) in [4.78, 5) is 14.4. The molecule has 3 nitrogen and oxygen atoms in total. The predicted octanol–water partition coefficient (Wildman–Crippen LogP) is 4.28. The predicted molar refractivity (Wildman–Crippen MR) is 88.3 cm³/mol. The Kier molecular flexibility index (Phi) is 9.73. The van der Waals surface area contributed by atoms with Gasteiger partial charge in [0.15, 0.2) is 0 Å².